The normalized spacial score (nSPS) is 10.7. The number of anilines is 1. The predicted molar refractivity (Wildman–Crippen MR) is 78.7 cm³/mol. The average molecular weight is 265 g/mol. The molecule has 0 saturated heterocycles. The number of carbonyl (C=O) groups is 1. The third kappa shape index (κ3) is 2.54. The quantitative estimate of drug-likeness (QED) is 0.791. The van der Waals surface area contributed by atoms with E-state index in [1.165, 1.54) is 0 Å². The number of nitrogens with zero attached hydrogens (tertiary/aromatic N) is 2. The van der Waals surface area contributed by atoms with Crippen molar-refractivity contribution in [2.24, 2.45) is 0 Å². The Morgan fingerprint density at radius 3 is 2.80 bits per heavy atom. The van der Waals surface area contributed by atoms with E-state index in [2.05, 4.69) is 10.3 Å². The van der Waals surface area contributed by atoms with Crippen LogP contribution >= 0.6 is 0 Å². The maximum atomic E-state index is 12.1. The van der Waals surface area contributed by atoms with Crippen LogP contribution in [0.4, 0.5) is 5.69 Å². The molecule has 3 rings (SSSR count). The van der Waals surface area contributed by atoms with Crippen molar-refractivity contribution in [2.75, 3.05) is 5.32 Å². The lowest BCUT2D eigenvalue weighted by molar-refractivity contribution is -0.115. The highest BCUT2D eigenvalue weighted by Crippen LogP contribution is 2.13. The van der Waals surface area contributed by atoms with Crippen LogP contribution in [0.5, 0.6) is 0 Å². The minimum absolute atomic E-state index is 0.0530. The van der Waals surface area contributed by atoms with Gasteiger partial charge in [0, 0.05) is 18.1 Å². The molecule has 0 spiro atoms. The van der Waals surface area contributed by atoms with E-state index in [4.69, 9.17) is 0 Å². The smallest absolute Gasteiger partial charge is 0.230 e. The topological polar surface area (TPSA) is 46.4 Å². The summed E-state index contributed by atoms with van der Waals surface area (Å²) < 4.78 is 1.91. The van der Waals surface area contributed by atoms with Gasteiger partial charge in [-0.15, -0.1) is 0 Å². The van der Waals surface area contributed by atoms with Crippen LogP contribution in [0.2, 0.25) is 0 Å². The molecule has 0 unspecified atom stereocenters. The van der Waals surface area contributed by atoms with E-state index in [0.717, 1.165) is 22.6 Å². The maximum Gasteiger partial charge on any atom is 0.230 e. The molecule has 0 radical (unpaired) electrons. The van der Waals surface area contributed by atoms with E-state index in [1.807, 2.05) is 66.2 Å². The third-order valence-corrected chi connectivity index (χ3v) is 3.17. The molecule has 1 N–H and O–H groups in total. The molecule has 100 valence electrons. The standard InChI is InChI=1S/C16H15N3O/c1-12-6-2-3-7-14(12)18-16(20)10-13-11-19-9-5-4-8-15(19)17-13/h2-9,11H,10H2,1H3,(H,18,20). The second-order valence-corrected chi connectivity index (χ2v) is 4.74. The summed E-state index contributed by atoms with van der Waals surface area (Å²) >= 11 is 0. The summed E-state index contributed by atoms with van der Waals surface area (Å²) in [5, 5.41) is 2.91. The minimum Gasteiger partial charge on any atom is -0.326 e. The highest BCUT2D eigenvalue weighted by Gasteiger charge is 2.08. The van der Waals surface area contributed by atoms with E-state index in [-0.39, 0.29) is 12.3 Å². The zero-order valence-corrected chi connectivity index (χ0v) is 11.2. The molecule has 20 heavy (non-hydrogen) atoms. The van der Waals surface area contributed by atoms with Crippen molar-refractivity contribution < 1.29 is 4.79 Å². The number of benzene rings is 1. The number of nitrogens with one attached hydrogen (secondary N) is 1. The van der Waals surface area contributed by atoms with E-state index in [1.54, 1.807) is 0 Å². The Labute approximate surface area is 117 Å². The summed E-state index contributed by atoms with van der Waals surface area (Å²) in [6.45, 7) is 1.97. The highest BCUT2D eigenvalue weighted by molar-refractivity contribution is 5.92. The fourth-order valence-electron chi connectivity index (χ4n) is 2.14. The van der Waals surface area contributed by atoms with Crippen LogP contribution in [0, 0.1) is 6.92 Å². The van der Waals surface area contributed by atoms with Crippen molar-refractivity contribution in [3.8, 4) is 0 Å². The lowest BCUT2D eigenvalue weighted by atomic mass is 10.2. The van der Waals surface area contributed by atoms with Gasteiger partial charge in [-0.25, -0.2) is 4.98 Å². The van der Waals surface area contributed by atoms with Crippen molar-refractivity contribution in [3.63, 3.8) is 0 Å². The molecule has 0 atom stereocenters. The molecule has 0 aliphatic heterocycles. The van der Waals surface area contributed by atoms with Gasteiger partial charge in [-0.2, -0.15) is 0 Å². The fraction of sp³-hybridized carbons (Fsp3) is 0.125. The first-order chi connectivity index (χ1) is 9.72. The molecule has 0 fully saturated rings. The predicted octanol–water partition coefficient (Wildman–Crippen LogP) is 2.82. The molecule has 2 heterocycles. The number of aromatic nitrogens is 2. The molecule has 0 bridgehead atoms. The van der Waals surface area contributed by atoms with E-state index >= 15 is 0 Å². The number of aryl methyl sites for hydroxylation is 1. The Bertz CT molecular complexity index is 728. The number of hydrogen-bond acceptors (Lipinski definition) is 2. The van der Waals surface area contributed by atoms with E-state index in [9.17, 15) is 4.79 Å². The van der Waals surface area contributed by atoms with Gasteiger partial charge in [0.1, 0.15) is 5.65 Å². The van der Waals surface area contributed by atoms with E-state index < -0.39 is 0 Å². The van der Waals surface area contributed by atoms with Crippen LogP contribution < -0.4 is 5.32 Å². The zero-order chi connectivity index (χ0) is 13.9. The molecule has 1 amide bonds. The number of fused-ring (bicyclic) bond motifs is 1. The number of rotatable bonds is 3. The number of pyridine rings is 1. The van der Waals surface area contributed by atoms with Crippen LogP contribution in [-0.4, -0.2) is 15.3 Å². The fourth-order valence-corrected chi connectivity index (χ4v) is 2.14. The molecule has 4 heteroatoms. The molecule has 1 aromatic carbocycles. The van der Waals surface area contributed by atoms with Gasteiger partial charge in [-0.1, -0.05) is 24.3 Å². The Balaban J connectivity index is 1.74. The van der Waals surface area contributed by atoms with Gasteiger partial charge in [-0.3, -0.25) is 4.79 Å². The van der Waals surface area contributed by atoms with Crippen molar-refractivity contribution in [1.82, 2.24) is 9.38 Å². The second-order valence-electron chi connectivity index (χ2n) is 4.74. The monoisotopic (exact) mass is 265 g/mol. The van der Waals surface area contributed by atoms with Gasteiger partial charge in [0.25, 0.3) is 0 Å². The molecule has 0 aliphatic carbocycles. The maximum absolute atomic E-state index is 12.1. The Morgan fingerprint density at radius 2 is 2.00 bits per heavy atom. The van der Waals surface area contributed by atoms with Crippen LogP contribution in [0.3, 0.4) is 0 Å². The molecule has 0 aliphatic rings. The van der Waals surface area contributed by atoms with Crippen molar-refractivity contribution in [2.45, 2.75) is 13.3 Å². The van der Waals surface area contributed by atoms with Gasteiger partial charge in [0.15, 0.2) is 0 Å². The zero-order valence-electron chi connectivity index (χ0n) is 11.2. The lowest BCUT2D eigenvalue weighted by Crippen LogP contribution is -2.15. The summed E-state index contributed by atoms with van der Waals surface area (Å²) in [6, 6.07) is 13.5. The average Bonchev–Trinajstić information content (AvgIpc) is 2.83. The Hall–Kier alpha value is -2.62. The summed E-state index contributed by atoms with van der Waals surface area (Å²) in [6.07, 6.45) is 4.08. The molecular formula is C16H15N3O. The summed E-state index contributed by atoms with van der Waals surface area (Å²) in [5.41, 5.74) is 3.52. The lowest BCUT2D eigenvalue weighted by Gasteiger charge is -2.06. The number of para-hydroxylation sites is 1. The Kier molecular flexibility index (Phi) is 3.21. The van der Waals surface area contributed by atoms with Crippen molar-refractivity contribution in [1.29, 1.82) is 0 Å². The summed E-state index contributed by atoms with van der Waals surface area (Å²) in [5.74, 6) is -0.0530. The molecule has 2 aromatic heterocycles. The van der Waals surface area contributed by atoms with Crippen molar-refractivity contribution >= 4 is 17.2 Å². The first kappa shape index (κ1) is 12.4. The van der Waals surface area contributed by atoms with E-state index in [0.29, 0.717) is 0 Å². The van der Waals surface area contributed by atoms with Gasteiger partial charge in [-0.05, 0) is 30.7 Å². The van der Waals surface area contributed by atoms with Gasteiger partial charge < -0.3 is 9.72 Å². The summed E-state index contributed by atoms with van der Waals surface area (Å²) in [4.78, 5) is 16.5. The van der Waals surface area contributed by atoms with Crippen LogP contribution in [0.25, 0.3) is 5.65 Å². The second kappa shape index (κ2) is 5.17. The molecular weight excluding hydrogens is 250 g/mol. The van der Waals surface area contributed by atoms with Gasteiger partial charge in [0.2, 0.25) is 5.91 Å². The van der Waals surface area contributed by atoms with Crippen molar-refractivity contribution in [3.05, 3.63) is 66.1 Å². The van der Waals surface area contributed by atoms with Gasteiger partial charge in [0.05, 0.1) is 12.1 Å². The first-order valence-corrected chi connectivity index (χ1v) is 6.50. The number of amides is 1. The SMILES string of the molecule is Cc1ccccc1NC(=O)Cc1cn2ccccc2n1. The number of imidazole rings is 1. The number of hydrogen-bond donors (Lipinski definition) is 1. The van der Waals surface area contributed by atoms with Crippen LogP contribution in [-0.2, 0) is 11.2 Å². The minimum atomic E-state index is -0.0530. The largest absolute Gasteiger partial charge is 0.326 e. The first-order valence-electron chi connectivity index (χ1n) is 6.50. The molecule has 4 nitrogen and oxygen atoms in total. The number of carbonyl (C=O) groups excluding carboxylic acids is 1. The highest BCUT2D eigenvalue weighted by atomic mass is 16.1. The molecule has 0 saturated carbocycles. The third-order valence-electron chi connectivity index (χ3n) is 3.17. The van der Waals surface area contributed by atoms with Gasteiger partial charge >= 0.3 is 0 Å². The summed E-state index contributed by atoms with van der Waals surface area (Å²) in [7, 11) is 0. The molecule has 3 aromatic rings. The Morgan fingerprint density at radius 1 is 1.20 bits per heavy atom. The van der Waals surface area contributed by atoms with Crippen LogP contribution in [0.15, 0.2) is 54.9 Å². The van der Waals surface area contributed by atoms with Crippen LogP contribution in [0.1, 0.15) is 11.3 Å².